The minimum absolute atomic E-state index is 0.149. The summed E-state index contributed by atoms with van der Waals surface area (Å²) in [6.45, 7) is 6.21. The number of carbonyl (C=O) groups is 2. The van der Waals surface area contributed by atoms with Crippen molar-refractivity contribution in [1.82, 2.24) is 14.7 Å². The molecule has 7 nitrogen and oxygen atoms in total. The normalized spacial score (nSPS) is 13.7. The molecule has 1 aromatic heterocycles. The number of amides is 3. The predicted molar refractivity (Wildman–Crippen MR) is 154 cm³/mol. The number of anilines is 1. The zero-order valence-electron chi connectivity index (χ0n) is 21.7. The van der Waals surface area contributed by atoms with E-state index < -0.39 is 6.03 Å². The third-order valence-electron chi connectivity index (χ3n) is 6.54. The van der Waals surface area contributed by atoms with Crippen molar-refractivity contribution in [3.63, 3.8) is 0 Å². The maximum atomic E-state index is 13.8. The van der Waals surface area contributed by atoms with Crippen molar-refractivity contribution < 1.29 is 18.7 Å². The summed E-state index contributed by atoms with van der Waals surface area (Å²) in [7, 11) is 0. The molecule has 3 amide bonds. The molecule has 0 bridgehead atoms. The molecule has 0 aliphatic carbocycles. The minimum Gasteiger partial charge on any atom is -0.379 e. The lowest BCUT2D eigenvalue weighted by Crippen LogP contribution is -2.48. The Balaban J connectivity index is 1.53. The largest absolute Gasteiger partial charge is 0.379 e. The number of aryl methyl sites for hydroxylation is 1. The second-order valence-corrected chi connectivity index (χ2v) is 11.1. The number of rotatable bonds is 10. The Kier molecular flexibility index (Phi) is 10.6. The number of halogens is 3. The van der Waals surface area contributed by atoms with Crippen molar-refractivity contribution in [2.45, 2.75) is 20.0 Å². The van der Waals surface area contributed by atoms with Gasteiger partial charge in [0, 0.05) is 37.6 Å². The molecule has 4 rings (SSSR count). The highest BCUT2D eigenvalue weighted by Gasteiger charge is 2.25. The van der Waals surface area contributed by atoms with Gasteiger partial charge in [0.1, 0.15) is 12.4 Å². The van der Waals surface area contributed by atoms with E-state index in [-0.39, 0.29) is 24.8 Å². The number of benzene rings is 2. The van der Waals surface area contributed by atoms with E-state index in [0.29, 0.717) is 48.6 Å². The molecule has 0 unspecified atom stereocenters. The van der Waals surface area contributed by atoms with Gasteiger partial charge in [-0.1, -0.05) is 41.4 Å². The highest BCUT2D eigenvalue weighted by Crippen LogP contribution is 2.30. The van der Waals surface area contributed by atoms with E-state index in [1.54, 1.807) is 46.6 Å². The maximum Gasteiger partial charge on any atom is 0.322 e. The Morgan fingerprint density at radius 1 is 1.03 bits per heavy atom. The predicted octanol–water partition coefficient (Wildman–Crippen LogP) is 5.90. The van der Waals surface area contributed by atoms with Crippen LogP contribution in [-0.4, -0.2) is 72.6 Å². The average Bonchev–Trinajstić information content (AvgIpc) is 3.34. The van der Waals surface area contributed by atoms with Crippen LogP contribution in [0.15, 0.2) is 53.9 Å². The van der Waals surface area contributed by atoms with Gasteiger partial charge in [0.05, 0.1) is 35.5 Å². The summed E-state index contributed by atoms with van der Waals surface area (Å²) in [5.41, 5.74) is 2.19. The molecular weight excluding hydrogens is 562 g/mol. The van der Waals surface area contributed by atoms with Crippen molar-refractivity contribution in [1.29, 1.82) is 0 Å². The van der Waals surface area contributed by atoms with Gasteiger partial charge in [-0.05, 0) is 53.8 Å². The number of carbonyl (C=O) groups excluding carboxylic acids is 2. The molecule has 0 atom stereocenters. The minimum atomic E-state index is -0.472. The molecule has 0 spiro atoms. The molecule has 0 radical (unpaired) electrons. The van der Waals surface area contributed by atoms with Crippen LogP contribution in [0.5, 0.6) is 0 Å². The van der Waals surface area contributed by atoms with Crippen LogP contribution in [0.4, 0.5) is 14.9 Å². The van der Waals surface area contributed by atoms with Crippen molar-refractivity contribution in [3.05, 3.63) is 85.8 Å². The smallest absolute Gasteiger partial charge is 0.322 e. The molecule has 1 fully saturated rings. The van der Waals surface area contributed by atoms with Crippen LogP contribution in [0.1, 0.15) is 16.0 Å². The van der Waals surface area contributed by atoms with E-state index in [9.17, 15) is 14.0 Å². The zero-order valence-corrected chi connectivity index (χ0v) is 24.0. The van der Waals surface area contributed by atoms with E-state index in [0.717, 1.165) is 29.1 Å². The van der Waals surface area contributed by atoms with Crippen molar-refractivity contribution >= 4 is 52.2 Å². The van der Waals surface area contributed by atoms with E-state index >= 15 is 0 Å². The number of thiophene rings is 1. The topological polar surface area (TPSA) is 65.1 Å². The number of nitrogens with one attached hydrogen (secondary N) is 1. The number of hydrogen-bond acceptors (Lipinski definition) is 5. The lowest BCUT2D eigenvalue weighted by Gasteiger charge is -2.31. The SMILES string of the molecule is Cc1ccsc1CN(Cc1ccc(F)cc1)C(=O)CN(CCN1CCOCC1)C(=O)Nc1c(Cl)cccc1Cl. The highest BCUT2D eigenvalue weighted by atomic mass is 35.5. The lowest BCUT2D eigenvalue weighted by molar-refractivity contribution is -0.133. The average molecular weight is 594 g/mol. The molecule has 1 N–H and O–H groups in total. The number of ether oxygens (including phenoxy) is 1. The van der Waals surface area contributed by atoms with E-state index in [2.05, 4.69) is 10.2 Å². The summed E-state index contributed by atoms with van der Waals surface area (Å²) >= 11 is 14.1. The van der Waals surface area contributed by atoms with Crippen LogP contribution in [0.2, 0.25) is 10.0 Å². The fraction of sp³-hybridized carbons (Fsp3) is 0.357. The third kappa shape index (κ3) is 8.40. The fourth-order valence-corrected chi connectivity index (χ4v) is 5.60. The molecule has 2 aromatic carbocycles. The molecule has 39 heavy (non-hydrogen) atoms. The zero-order chi connectivity index (χ0) is 27.8. The molecule has 11 heteroatoms. The van der Waals surface area contributed by atoms with Gasteiger partial charge in [0.15, 0.2) is 0 Å². The van der Waals surface area contributed by atoms with Crippen molar-refractivity contribution in [3.8, 4) is 0 Å². The van der Waals surface area contributed by atoms with Gasteiger partial charge in [0.25, 0.3) is 0 Å². The summed E-state index contributed by atoms with van der Waals surface area (Å²) in [5.74, 6) is -0.565. The Bertz CT molecular complexity index is 1250. The molecular formula is C28H31Cl2FN4O3S. The van der Waals surface area contributed by atoms with E-state index in [1.807, 2.05) is 18.4 Å². The Hall–Kier alpha value is -2.69. The standard InChI is InChI=1S/C28H31Cl2FN4O3S/c1-20-9-16-39-25(20)18-35(17-21-5-7-22(31)8-6-21)26(36)19-34(11-10-33-12-14-38-15-13-33)28(37)32-27-23(29)3-2-4-24(27)30/h2-9,16H,10-15,17-19H2,1H3,(H,32,37). The van der Waals surface area contributed by atoms with Gasteiger partial charge in [-0.2, -0.15) is 0 Å². The van der Waals surface area contributed by atoms with Gasteiger partial charge in [0.2, 0.25) is 5.91 Å². The lowest BCUT2D eigenvalue weighted by atomic mass is 10.2. The maximum absolute atomic E-state index is 13.8. The summed E-state index contributed by atoms with van der Waals surface area (Å²) in [6, 6.07) is 12.6. The fourth-order valence-electron chi connectivity index (χ4n) is 4.19. The third-order valence-corrected chi connectivity index (χ3v) is 8.18. The Morgan fingerprint density at radius 2 is 1.72 bits per heavy atom. The van der Waals surface area contributed by atoms with Crippen LogP contribution in [0.3, 0.4) is 0 Å². The number of para-hydroxylation sites is 1. The Morgan fingerprint density at radius 3 is 2.36 bits per heavy atom. The van der Waals surface area contributed by atoms with Crippen molar-refractivity contribution in [2.24, 2.45) is 0 Å². The molecule has 1 aliphatic rings. The Labute approximate surface area is 242 Å². The molecule has 1 saturated heterocycles. The first kappa shape index (κ1) is 29.3. The molecule has 2 heterocycles. The molecule has 3 aromatic rings. The summed E-state index contributed by atoms with van der Waals surface area (Å²) in [6.07, 6.45) is 0. The number of urea groups is 1. The van der Waals surface area contributed by atoms with Crippen LogP contribution >= 0.6 is 34.5 Å². The van der Waals surface area contributed by atoms with Gasteiger partial charge in [-0.25, -0.2) is 9.18 Å². The summed E-state index contributed by atoms with van der Waals surface area (Å²) in [5, 5.41) is 5.39. The van der Waals surface area contributed by atoms with Gasteiger partial charge in [-0.15, -0.1) is 11.3 Å². The van der Waals surface area contributed by atoms with Gasteiger partial charge >= 0.3 is 6.03 Å². The monoisotopic (exact) mass is 592 g/mol. The van der Waals surface area contributed by atoms with Crippen LogP contribution in [-0.2, 0) is 22.6 Å². The van der Waals surface area contributed by atoms with Crippen molar-refractivity contribution in [2.75, 3.05) is 51.3 Å². The van der Waals surface area contributed by atoms with Crippen LogP contribution < -0.4 is 5.32 Å². The summed E-state index contributed by atoms with van der Waals surface area (Å²) < 4.78 is 18.9. The number of hydrogen-bond donors (Lipinski definition) is 1. The van der Waals surface area contributed by atoms with Crippen LogP contribution in [0.25, 0.3) is 0 Å². The first-order chi connectivity index (χ1) is 18.8. The van der Waals surface area contributed by atoms with Gasteiger partial charge in [-0.3, -0.25) is 9.69 Å². The van der Waals surface area contributed by atoms with E-state index in [1.165, 1.54) is 17.0 Å². The second kappa shape index (κ2) is 14.1. The number of nitrogens with zero attached hydrogens (tertiary/aromatic N) is 3. The van der Waals surface area contributed by atoms with Crippen LogP contribution in [0, 0.1) is 12.7 Å². The molecule has 0 saturated carbocycles. The molecule has 208 valence electrons. The van der Waals surface area contributed by atoms with E-state index in [4.69, 9.17) is 27.9 Å². The molecule has 1 aliphatic heterocycles. The van der Waals surface area contributed by atoms with Gasteiger partial charge < -0.3 is 19.9 Å². The quantitative estimate of drug-likeness (QED) is 0.318. The first-order valence-corrected chi connectivity index (χ1v) is 14.3. The second-order valence-electron chi connectivity index (χ2n) is 9.31. The highest BCUT2D eigenvalue weighted by molar-refractivity contribution is 7.10. The summed E-state index contributed by atoms with van der Waals surface area (Å²) in [4.78, 5) is 33.6. The first-order valence-electron chi connectivity index (χ1n) is 12.7. The number of morpholine rings is 1.